The van der Waals surface area contributed by atoms with Gasteiger partial charge in [0.25, 0.3) is 0 Å². The third-order valence-electron chi connectivity index (χ3n) is 2.86. The molecule has 1 saturated carbocycles. The van der Waals surface area contributed by atoms with E-state index in [1.54, 1.807) is 6.20 Å². The lowest BCUT2D eigenvalue weighted by atomic mass is 9.86. The van der Waals surface area contributed by atoms with Crippen LogP contribution in [0.2, 0.25) is 0 Å². The van der Waals surface area contributed by atoms with Gasteiger partial charge in [-0.25, -0.2) is 4.68 Å². The highest BCUT2D eigenvalue weighted by molar-refractivity contribution is 5.85. The molecule has 0 amide bonds. The minimum Gasteiger partial charge on any atom is -0.299 e. The van der Waals surface area contributed by atoms with E-state index in [1.165, 1.54) is 0 Å². The Morgan fingerprint density at radius 1 is 1.57 bits per heavy atom. The van der Waals surface area contributed by atoms with Gasteiger partial charge in [-0.05, 0) is 19.8 Å². The topological polar surface area (TPSA) is 47.8 Å². The van der Waals surface area contributed by atoms with Gasteiger partial charge in [0.2, 0.25) is 0 Å². The Hall–Kier alpha value is -1.19. The first-order valence-electron chi connectivity index (χ1n) is 5.24. The third kappa shape index (κ3) is 1.56. The summed E-state index contributed by atoms with van der Waals surface area (Å²) >= 11 is 0. The van der Waals surface area contributed by atoms with E-state index in [9.17, 15) is 4.79 Å². The lowest BCUT2D eigenvalue weighted by Gasteiger charge is -2.20. The Labute approximate surface area is 83.3 Å². The van der Waals surface area contributed by atoms with E-state index in [-0.39, 0.29) is 5.92 Å². The standard InChI is InChI=1S/C10H15N3O/c1-2-13-9(7-11-12-13)8-5-3-4-6-10(8)14/h7-8H,2-6H2,1H3. The number of carbonyl (C=O) groups excluding carboxylic acids is 1. The first-order valence-corrected chi connectivity index (χ1v) is 5.24. The van der Waals surface area contributed by atoms with Crippen LogP contribution < -0.4 is 0 Å². The molecule has 0 N–H and O–H groups in total. The molecule has 1 aliphatic rings. The van der Waals surface area contributed by atoms with Gasteiger partial charge in [0.15, 0.2) is 0 Å². The van der Waals surface area contributed by atoms with Crippen molar-refractivity contribution in [2.75, 3.05) is 0 Å². The van der Waals surface area contributed by atoms with Crippen molar-refractivity contribution in [3.63, 3.8) is 0 Å². The van der Waals surface area contributed by atoms with Crippen LogP contribution in [0.3, 0.4) is 0 Å². The Kier molecular flexibility index (Phi) is 2.61. The summed E-state index contributed by atoms with van der Waals surface area (Å²) < 4.78 is 1.83. The van der Waals surface area contributed by atoms with Crippen molar-refractivity contribution in [2.24, 2.45) is 0 Å². The third-order valence-corrected chi connectivity index (χ3v) is 2.86. The minimum absolute atomic E-state index is 0.0544. The van der Waals surface area contributed by atoms with Gasteiger partial charge in [0, 0.05) is 13.0 Å². The van der Waals surface area contributed by atoms with Crippen molar-refractivity contribution in [3.05, 3.63) is 11.9 Å². The van der Waals surface area contributed by atoms with Gasteiger partial charge < -0.3 is 0 Å². The summed E-state index contributed by atoms with van der Waals surface area (Å²) in [5, 5.41) is 7.82. The number of aromatic nitrogens is 3. The molecule has 1 aromatic heterocycles. The summed E-state index contributed by atoms with van der Waals surface area (Å²) in [5.74, 6) is 0.409. The molecule has 1 atom stereocenters. The van der Waals surface area contributed by atoms with E-state index >= 15 is 0 Å². The molecule has 2 rings (SSSR count). The summed E-state index contributed by atoms with van der Waals surface area (Å²) in [4.78, 5) is 11.7. The van der Waals surface area contributed by atoms with Gasteiger partial charge in [0.1, 0.15) is 5.78 Å². The number of Topliss-reactive ketones (excluding diaryl/α,β-unsaturated/α-hetero) is 1. The molecule has 0 aromatic carbocycles. The molecule has 1 heterocycles. The van der Waals surface area contributed by atoms with Crippen molar-refractivity contribution in [2.45, 2.75) is 45.1 Å². The second-order valence-electron chi connectivity index (χ2n) is 3.74. The molecule has 0 saturated heterocycles. The van der Waals surface area contributed by atoms with E-state index in [2.05, 4.69) is 10.3 Å². The monoisotopic (exact) mass is 193 g/mol. The second kappa shape index (κ2) is 3.90. The molecule has 14 heavy (non-hydrogen) atoms. The molecule has 0 spiro atoms. The van der Waals surface area contributed by atoms with Gasteiger partial charge in [-0.2, -0.15) is 0 Å². The second-order valence-corrected chi connectivity index (χ2v) is 3.74. The van der Waals surface area contributed by atoms with E-state index in [4.69, 9.17) is 0 Å². The molecular weight excluding hydrogens is 178 g/mol. The van der Waals surface area contributed by atoms with Gasteiger partial charge in [-0.3, -0.25) is 4.79 Å². The number of hydrogen-bond acceptors (Lipinski definition) is 3. The molecule has 1 unspecified atom stereocenters. The number of nitrogens with zero attached hydrogens (tertiary/aromatic N) is 3. The fraction of sp³-hybridized carbons (Fsp3) is 0.700. The molecule has 1 fully saturated rings. The van der Waals surface area contributed by atoms with Crippen LogP contribution in [-0.2, 0) is 11.3 Å². The maximum Gasteiger partial charge on any atom is 0.141 e. The zero-order valence-electron chi connectivity index (χ0n) is 8.44. The predicted octanol–water partition coefficient (Wildman–Crippen LogP) is 1.52. The van der Waals surface area contributed by atoms with E-state index in [0.29, 0.717) is 5.78 Å². The molecule has 1 aromatic rings. The Balaban J connectivity index is 2.24. The molecule has 1 aliphatic carbocycles. The summed E-state index contributed by atoms with van der Waals surface area (Å²) in [6.07, 6.45) is 5.61. The normalized spacial score (nSPS) is 22.6. The van der Waals surface area contributed by atoms with Crippen LogP contribution in [0.4, 0.5) is 0 Å². The first kappa shape index (κ1) is 9.37. The Morgan fingerprint density at radius 2 is 2.43 bits per heavy atom. The molecule has 0 bridgehead atoms. The van der Waals surface area contributed by atoms with Crippen LogP contribution in [0.5, 0.6) is 0 Å². The molecular formula is C10H15N3O. The average molecular weight is 193 g/mol. The summed E-state index contributed by atoms with van der Waals surface area (Å²) in [6.45, 7) is 2.81. The highest BCUT2D eigenvalue weighted by atomic mass is 16.1. The number of ketones is 1. The van der Waals surface area contributed by atoms with Crippen molar-refractivity contribution in [1.82, 2.24) is 15.0 Å². The van der Waals surface area contributed by atoms with E-state index < -0.39 is 0 Å². The van der Waals surface area contributed by atoms with Crippen LogP contribution in [0.1, 0.15) is 44.2 Å². The van der Waals surface area contributed by atoms with Gasteiger partial charge in [-0.15, -0.1) is 5.10 Å². The zero-order valence-corrected chi connectivity index (χ0v) is 8.44. The number of rotatable bonds is 2. The largest absolute Gasteiger partial charge is 0.299 e. The quantitative estimate of drug-likeness (QED) is 0.715. The smallest absolute Gasteiger partial charge is 0.141 e. The maximum atomic E-state index is 11.7. The van der Waals surface area contributed by atoms with E-state index in [1.807, 2.05) is 11.6 Å². The zero-order chi connectivity index (χ0) is 9.97. The van der Waals surface area contributed by atoms with Gasteiger partial charge in [0.05, 0.1) is 17.8 Å². The summed E-state index contributed by atoms with van der Waals surface area (Å²) in [7, 11) is 0. The maximum absolute atomic E-state index is 11.7. The van der Waals surface area contributed by atoms with Crippen molar-refractivity contribution < 1.29 is 4.79 Å². The van der Waals surface area contributed by atoms with Crippen molar-refractivity contribution in [1.29, 1.82) is 0 Å². The summed E-state index contributed by atoms with van der Waals surface area (Å²) in [6, 6.07) is 0. The summed E-state index contributed by atoms with van der Waals surface area (Å²) in [5.41, 5.74) is 0.997. The highest BCUT2D eigenvalue weighted by Gasteiger charge is 2.26. The molecule has 0 aliphatic heterocycles. The van der Waals surface area contributed by atoms with Crippen LogP contribution in [-0.4, -0.2) is 20.8 Å². The molecule has 76 valence electrons. The lowest BCUT2D eigenvalue weighted by Crippen LogP contribution is -2.20. The van der Waals surface area contributed by atoms with Gasteiger partial charge >= 0.3 is 0 Å². The average Bonchev–Trinajstić information content (AvgIpc) is 2.66. The fourth-order valence-corrected chi connectivity index (χ4v) is 2.08. The first-order chi connectivity index (χ1) is 6.83. The lowest BCUT2D eigenvalue weighted by molar-refractivity contribution is -0.122. The van der Waals surface area contributed by atoms with Crippen molar-refractivity contribution in [3.8, 4) is 0 Å². The van der Waals surface area contributed by atoms with Crippen LogP contribution >= 0.6 is 0 Å². The van der Waals surface area contributed by atoms with Crippen LogP contribution in [0.15, 0.2) is 6.20 Å². The Bertz CT molecular complexity index is 332. The molecule has 0 radical (unpaired) electrons. The van der Waals surface area contributed by atoms with Gasteiger partial charge in [-0.1, -0.05) is 11.6 Å². The highest BCUT2D eigenvalue weighted by Crippen LogP contribution is 2.29. The Morgan fingerprint density at radius 3 is 3.14 bits per heavy atom. The minimum atomic E-state index is 0.0544. The molecule has 4 heteroatoms. The number of aryl methyl sites for hydroxylation is 1. The number of hydrogen-bond donors (Lipinski definition) is 0. The molecule has 4 nitrogen and oxygen atoms in total. The van der Waals surface area contributed by atoms with E-state index in [0.717, 1.165) is 37.9 Å². The van der Waals surface area contributed by atoms with Crippen LogP contribution in [0.25, 0.3) is 0 Å². The van der Waals surface area contributed by atoms with Crippen molar-refractivity contribution >= 4 is 5.78 Å². The van der Waals surface area contributed by atoms with Crippen LogP contribution in [0, 0.1) is 0 Å². The SMILES string of the molecule is CCn1nncc1C1CCCCC1=O. The predicted molar refractivity (Wildman–Crippen MR) is 51.9 cm³/mol. The fourth-order valence-electron chi connectivity index (χ4n) is 2.08. The number of carbonyl (C=O) groups is 1.